The van der Waals surface area contributed by atoms with Crippen LogP contribution in [0.4, 0.5) is 14.5 Å². The van der Waals surface area contributed by atoms with Gasteiger partial charge in [-0.2, -0.15) is 4.31 Å². The highest BCUT2D eigenvalue weighted by atomic mass is 32.2. The van der Waals surface area contributed by atoms with Crippen molar-refractivity contribution >= 4 is 21.6 Å². The van der Waals surface area contributed by atoms with Gasteiger partial charge in [-0.05, 0) is 12.1 Å². The van der Waals surface area contributed by atoms with Crippen molar-refractivity contribution in [3.8, 4) is 0 Å². The summed E-state index contributed by atoms with van der Waals surface area (Å²) in [6.45, 7) is 1.93. The average Bonchev–Trinajstić information content (AvgIpc) is 2.50. The van der Waals surface area contributed by atoms with Gasteiger partial charge in [0.1, 0.15) is 0 Å². The van der Waals surface area contributed by atoms with Crippen LogP contribution in [0.1, 0.15) is 6.42 Å². The third kappa shape index (κ3) is 4.46. The number of carbonyl (C=O) groups excluding carboxylic acids is 1. The van der Waals surface area contributed by atoms with Gasteiger partial charge in [0, 0.05) is 44.4 Å². The van der Waals surface area contributed by atoms with E-state index in [0.717, 1.165) is 12.1 Å². The zero-order chi connectivity index (χ0) is 16.2. The molecule has 0 radical (unpaired) electrons. The summed E-state index contributed by atoms with van der Waals surface area (Å²) >= 11 is 0. The molecule has 0 aliphatic carbocycles. The number of rotatable bonds is 5. The summed E-state index contributed by atoms with van der Waals surface area (Å²) in [5, 5.41) is 5.39. The lowest BCUT2D eigenvalue weighted by molar-refractivity contribution is -0.115. The van der Waals surface area contributed by atoms with Crippen molar-refractivity contribution in [2.24, 2.45) is 0 Å². The second kappa shape index (κ2) is 7.12. The first-order chi connectivity index (χ1) is 10.4. The van der Waals surface area contributed by atoms with Crippen molar-refractivity contribution in [1.29, 1.82) is 0 Å². The molecule has 0 atom stereocenters. The van der Waals surface area contributed by atoms with Crippen molar-refractivity contribution in [2.75, 3.05) is 37.2 Å². The molecule has 122 valence electrons. The van der Waals surface area contributed by atoms with Crippen molar-refractivity contribution in [1.82, 2.24) is 9.62 Å². The topological polar surface area (TPSA) is 78.5 Å². The number of sulfonamides is 1. The van der Waals surface area contributed by atoms with Crippen LogP contribution in [0.5, 0.6) is 0 Å². The van der Waals surface area contributed by atoms with Crippen LogP contribution in [0.2, 0.25) is 0 Å². The molecular formula is C13H17F2N3O3S. The molecule has 1 heterocycles. The Hall–Kier alpha value is -1.58. The fourth-order valence-electron chi connectivity index (χ4n) is 2.07. The van der Waals surface area contributed by atoms with Crippen LogP contribution >= 0.6 is 0 Å². The van der Waals surface area contributed by atoms with Gasteiger partial charge in [-0.3, -0.25) is 4.79 Å². The van der Waals surface area contributed by atoms with Crippen molar-refractivity contribution in [3.63, 3.8) is 0 Å². The predicted octanol–water partition coefficient (Wildman–Crippen LogP) is 0.528. The van der Waals surface area contributed by atoms with E-state index >= 15 is 0 Å². The van der Waals surface area contributed by atoms with Gasteiger partial charge in [-0.1, -0.05) is 0 Å². The van der Waals surface area contributed by atoms with Gasteiger partial charge in [-0.15, -0.1) is 0 Å². The highest BCUT2D eigenvalue weighted by molar-refractivity contribution is 7.89. The van der Waals surface area contributed by atoms with Crippen LogP contribution in [0, 0.1) is 11.6 Å². The average molecular weight is 333 g/mol. The fraction of sp³-hybridized carbons (Fsp3) is 0.462. The quantitative estimate of drug-likeness (QED) is 0.824. The molecule has 0 aromatic heterocycles. The summed E-state index contributed by atoms with van der Waals surface area (Å²) in [5.41, 5.74) is 0.0865. The largest absolute Gasteiger partial charge is 0.326 e. The molecule has 0 spiro atoms. The normalized spacial score (nSPS) is 16.5. The highest BCUT2D eigenvalue weighted by Gasteiger charge is 2.24. The van der Waals surface area contributed by atoms with Crippen LogP contribution in [0.25, 0.3) is 0 Å². The van der Waals surface area contributed by atoms with E-state index in [1.807, 2.05) is 0 Å². The maximum absolute atomic E-state index is 13.0. The minimum absolute atomic E-state index is 0.0865. The number of benzene rings is 1. The minimum atomic E-state index is -3.49. The third-order valence-corrected chi connectivity index (χ3v) is 5.13. The van der Waals surface area contributed by atoms with E-state index in [2.05, 4.69) is 10.6 Å². The molecule has 1 aromatic carbocycles. The lowest BCUT2D eigenvalue weighted by atomic mass is 10.3. The van der Waals surface area contributed by atoms with Gasteiger partial charge < -0.3 is 10.6 Å². The second-order valence-corrected chi connectivity index (χ2v) is 6.98. The van der Waals surface area contributed by atoms with E-state index in [9.17, 15) is 22.0 Å². The number of anilines is 1. The molecule has 1 amide bonds. The van der Waals surface area contributed by atoms with Gasteiger partial charge in [0.25, 0.3) is 0 Å². The molecule has 1 saturated heterocycles. The Morgan fingerprint density at radius 3 is 2.55 bits per heavy atom. The maximum Gasteiger partial charge on any atom is 0.225 e. The lowest BCUT2D eigenvalue weighted by Gasteiger charge is -2.26. The Labute approximate surface area is 127 Å². The molecule has 1 aliphatic heterocycles. The Morgan fingerprint density at radius 2 is 1.91 bits per heavy atom. The lowest BCUT2D eigenvalue weighted by Crippen LogP contribution is -2.47. The number of hydrogen-bond acceptors (Lipinski definition) is 4. The Bertz CT molecular complexity index is 646. The molecule has 0 unspecified atom stereocenters. The van der Waals surface area contributed by atoms with E-state index in [1.165, 1.54) is 10.4 Å². The van der Waals surface area contributed by atoms with Gasteiger partial charge in [0.05, 0.1) is 5.75 Å². The van der Waals surface area contributed by atoms with E-state index in [0.29, 0.717) is 26.2 Å². The standard InChI is InChI=1S/C13H17F2N3O3S/c14-11-2-1-10(9-12(11)15)17-13(19)3-8-22(20,21)18-6-4-16-5-7-18/h1-2,9,16H,3-8H2,(H,17,19). The molecule has 2 rings (SSSR count). The molecule has 1 fully saturated rings. The molecule has 0 bridgehead atoms. The summed E-state index contributed by atoms with van der Waals surface area (Å²) in [6, 6.07) is 2.95. The number of halogens is 2. The van der Waals surface area contributed by atoms with Crippen LogP contribution in [-0.2, 0) is 14.8 Å². The first kappa shape index (κ1) is 16.8. The fourth-order valence-corrected chi connectivity index (χ4v) is 3.51. The number of nitrogens with zero attached hydrogens (tertiary/aromatic N) is 1. The van der Waals surface area contributed by atoms with Crippen molar-refractivity contribution in [3.05, 3.63) is 29.8 Å². The van der Waals surface area contributed by atoms with Gasteiger partial charge in [0.2, 0.25) is 15.9 Å². The van der Waals surface area contributed by atoms with E-state index in [1.54, 1.807) is 0 Å². The highest BCUT2D eigenvalue weighted by Crippen LogP contribution is 2.13. The van der Waals surface area contributed by atoms with E-state index in [-0.39, 0.29) is 17.9 Å². The SMILES string of the molecule is O=C(CCS(=O)(=O)N1CCNCC1)Nc1ccc(F)c(F)c1. The van der Waals surface area contributed by atoms with Crippen LogP contribution in [0.15, 0.2) is 18.2 Å². The maximum atomic E-state index is 13.0. The number of carbonyl (C=O) groups is 1. The van der Waals surface area contributed by atoms with Gasteiger partial charge in [0.15, 0.2) is 11.6 Å². The van der Waals surface area contributed by atoms with E-state index < -0.39 is 27.6 Å². The van der Waals surface area contributed by atoms with Crippen LogP contribution < -0.4 is 10.6 Å². The van der Waals surface area contributed by atoms with E-state index in [4.69, 9.17) is 0 Å². The number of nitrogens with one attached hydrogen (secondary N) is 2. The third-order valence-electron chi connectivity index (χ3n) is 3.26. The molecule has 6 nitrogen and oxygen atoms in total. The summed E-state index contributed by atoms with van der Waals surface area (Å²) in [6.07, 6.45) is -0.245. The van der Waals surface area contributed by atoms with Crippen LogP contribution in [-0.4, -0.2) is 50.6 Å². The first-order valence-corrected chi connectivity index (χ1v) is 8.43. The summed E-state index contributed by atoms with van der Waals surface area (Å²) in [4.78, 5) is 11.7. The molecule has 0 saturated carbocycles. The molecule has 1 aromatic rings. The molecule has 1 aliphatic rings. The zero-order valence-electron chi connectivity index (χ0n) is 11.8. The van der Waals surface area contributed by atoms with Crippen molar-refractivity contribution < 1.29 is 22.0 Å². The summed E-state index contributed by atoms with van der Waals surface area (Å²) in [7, 11) is -3.49. The first-order valence-electron chi connectivity index (χ1n) is 6.82. The molecule has 22 heavy (non-hydrogen) atoms. The zero-order valence-corrected chi connectivity index (χ0v) is 12.6. The smallest absolute Gasteiger partial charge is 0.225 e. The number of hydrogen-bond donors (Lipinski definition) is 2. The Balaban J connectivity index is 1.87. The second-order valence-electron chi connectivity index (χ2n) is 4.89. The molecule has 9 heteroatoms. The Kier molecular flexibility index (Phi) is 5.43. The monoisotopic (exact) mass is 333 g/mol. The minimum Gasteiger partial charge on any atom is -0.326 e. The molecular weight excluding hydrogens is 316 g/mol. The molecule has 2 N–H and O–H groups in total. The number of amides is 1. The van der Waals surface area contributed by atoms with Gasteiger partial charge in [-0.25, -0.2) is 17.2 Å². The number of piperazine rings is 1. The summed E-state index contributed by atoms with van der Waals surface area (Å²) in [5.74, 6) is -2.97. The summed E-state index contributed by atoms with van der Waals surface area (Å²) < 4.78 is 51.2. The predicted molar refractivity (Wildman–Crippen MR) is 77.8 cm³/mol. The van der Waals surface area contributed by atoms with Crippen LogP contribution in [0.3, 0.4) is 0 Å². The van der Waals surface area contributed by atoms with Crippen molar-refractivity contribution in [2.45, 2.75) is 6.42 Å². The van der Waals surface area contributed by atoms with Gasteiger partial charge >= 0.3 is 0 Å². The Morgan fingerprint density at radius 1 is 1.23 bits per heavy atom.